The van der Waals surface area contributed by atoms with E-state index in [-0.39, 0.29) is 6.61 Å². The van der Waals surface area contributed by atoms with Gasteiger partial charge in [0.2, 0.25) is 5.89 Å². The summed E-state index contributed by atoms with van der Waals surface area (Å²) in [5.74, 6) is 1.99. The maximum absolute atomic E-state index is 5.86. The third-order valence-corrected chi connectivity index (χ3v) is 3.29. The molecular weight excluding hydrogens is 322 g/mol. The molecule has 108 valence electrons. The molecule has 1 heterocycles. The van der Waals surface area contributed by atoms with E-state index in [0.29, 0.717) is 11.8 Å². The Morgan fingerprint density at radius 2 is 2.05 bits per heavy atom. The monoisotopic (exact) mass is 339 g/mol. The van der Waals surface area contributed by atoms with Gasteiger partial charge in [0, 0.05) is 23.0 Å². The lowest BCUT2D eigenvalue weighted by Crippen LogP contribution is -2.09. The molecule has 0 bridgehead atoms. The van der Waals surface area contributed by atoms with Gasteiger partial charge >= 0.3 is 0 Å². The topological polar surface area (TPSA) is 60.2 Å². The van der Waals surface area contributed by atoms with Gasteiger partial charge in [0.1, 0.15) is 5.75 Å². The lowest BCUT2D eigenvalue weighted by Gasteiger charge is -2.13. The summed E-state index contributed by atoms with van der Waals surface area (Å²) >= 11 is 3.50. The molecule has 1 N–H and O–H groups in total. The van der Waals surface area contributed by atoms with Gasteiger partial charge in [-0.2, -0.15) is 0 Å². The van der Waals surface area contributed by atoms with E-state index in [4.69, 9.17) is 9.15 Å². The summed E-state index contributed by atoms with van der Waals surface area (Å²) < 4.78 is 12.3. The number of benzene rings is 1. The van der Waals surface area contributed by atoms with E-state index in [9.17, 15) is 0 Å². The Kier molecular flexibility index (Phi) is 5.14. The van der Waals surface area contributed by atoms with Crippen molar-refractivity contribution in [1.82, 2.24) is 15.5 Å². The van der Waals surface area contributed by atoms with E-state index in [1.807, 2.05) is 33.0 Å². The number of nitrogens with zero attached hydrogens (tertiary/aromatic N) is 2. The predicted octanol–water partition coefficient (Wildman–Crippen LogP) is 3.00. The third-order valence-electron chi connectivity index (χ3n) is 2.83. The molecule has 0 radical (unpaired) electrons. The van der Waals surface area contributed by atoms with Crippen LogP contribution < -0.4 is 10.1 Å². The Morgan fingerprint density at radius 1 is 1.30 bits per heavy atom. The van der Waals surface area contributed by atoms with Gasteiger partial charge in [-0.25, -0.2) is 0 Å². The molecule has 0 saturated carbocycles. The Labute approximate surface area is 126 Å². The highest BCUT2D eigenvalue weighted by Gasteiger charge is 2.11. The van der Waals surface area contributed by atoms with Crippen molar-refractivity contribution < 1.29 is 9.15 Å². The first-order chi connectivity index (χ1) is 9.63. The van der Waals surface area contributed by atoms with Crippen molar-refractivity contribution >= 4 is 15.9 Å². The lowest BCUT2D eigenvalue weighted by atomic mass is 10.1. The number of halogens is 1. The first kappa shape index (κ1) is 15.0. The van der Waals surface area contributed by atoms with E-state index >= 15 is 0 Å². The number of aryl methyl sites for hydroxylation is 2. The van der Waals surface area contributed by atoms with E-state index < -0.39 is 0 Å². The third kappa shape index (κ3) is 3.58. The molecule has 5 nitrogen and oxygen atoms in total. The number of ether oxygens (including phenoxy) is 1. The van der Waals surface area contributed by atoms with E-state index in [1.165, 1.54) is 0 Å². The molecule has 2 rings (SSSR count). The fourth-order valence-corrected chi connectivity index (χ4v) is 2.57. The van der Waals surface area contributed by atoms with Crippen LogP contribution in [0.3, 0.4) is 0 Å². The highest BCUT2D eigenvalue weighted by molar-refractivity contribution is 9.10. The molecule has 0 aliphatic rings. The second-order valence-corrected chi connectivity index (χ2v) is 5.39. The van der Waals surface area contributed by atoms with Gasteiger partial charge in [-0.3, -0.25) is 0 Å². The number of hydrogen-bond acceptors (Lipinski definition) is 5. The molecule has 0 fully saturated rings. The number of aromatic nitrogens is 2. The first-order valence-electron chi connectivity index (χ1n) is 6.51. The van der Waals surface area contributed by atoms with Crippen molar-refractivity contribution in [2.24, 2.45) is 0 Å². The summed E-state index contributed by atoms with van der Waals surface area (Å²) in [6, 6.07) is 4.07. The Morgan fingerprint density at radius 3 is 2.70 bits per heavy atom. The molecule has 0 saturated heterocycles. The van der Waals surface area contributed by atoms with Crippen molar-refractivity contribution in [3.63, 3.8) is 0 Å². The zero-order chi connectivity index (χ0) is 14.5. The molecule has 0 atom stereocenters. The highest BCUT2D eigenvalue weighted by Crippen LogP contribution is 2.28. The summed E-state index contributed by atoms with van der Waals surface area (Å²) in [6.45, 7) is 5.01. The van der Waals surface area contributed by atoms with Crippen LogP contribution in [0.4, 0.5) is 0 Å². The Hall–Kier alpha value is -1.40. The van der Waals surface area contributed by atoms with Crippen molar-refractivity contribution in [2.45, 2.75) is 33.4 Å². The first-order valence-corrected chi connectivity index (χ1v) is 7.31. The maximum Gasteiger partial charge on any atom is 0.253 e. The molecule has 1 aromatic heterocycles. The van der Waals surface area contributed by atoms with Crippen LogP contribution in [0.5, 0.6) is 5.75 Å². The minimum atomic E-state index is 0.284. The molecule has 0 aliphatic heterocycles. The average molecular weight is 340 g/mol. The molecule has 2 aromatic rings. The highest BCUT2D eigenvalue weighted by atomic mass is 79.9. The van der Waals surface area contributed by atoms with Gasteiger partial charge in [0.25, 0.3) is 5.89 Å². The van der Waals surface area contributed by atoms with E-state index in [2.05, 4.69) is 31.4 Å². The minimum Gasteiger partial charge on any atom is -0.483 e. The molecule has 0 amide bonds. The SMILES string of the molecule is CCc1nnc(COc2c(C)cc(Br)cc2CNC)o1. The van der Waals surface area contributed by atoms with Gasteiger partial charge in [-0.15, -0.1) is 10.2 Å². The summed E-state index contributed by atoms with van der Waals surface area (Å²) in [6.07, 6.45) is 0.731. The van der Waals surface area contributed by atoms with Crippen LogP contribution in [0.2, 0.25) is 0 Å². The van der Waals surface area contributed by atoms with Crippen LogP contribution in [0.1, 0.15) is 29.8 Å². The average Bonchev–Trinajstić information content (AvgIpc) is 2.86. The molecular formula is C14H18BrN3O2. The van der Waals surface area contributed by atoms with Gasteiger partial charge in [0.05, 0.1) is 0 Å². The molecule has 6 heteroatoms. The standard InChI is InChI=1S/C14H18BrN3O2/c1-4-12-17-18-13(20-12)8-19-14-9(2)5-11(15)6-10(14)7-16-3/h5-6,16H,4,7-8H2,1-3H3. The quantitative estimate of drug-likeness (QED) is 0.876. The van der Waals surface area contributed by atoms with Crippen molar-refractivity contribution in [2.75, 3.05) is 7.05 Å². The van der Waals surface area contributed by atoms with E-state index in [0.717, 1.165) is 34.3 Å². The molecule has 0 aliphatic carbocycles. The van der Waals surface area contributed by atoms with Gasteiger partial charge in [-0.1, -0.05) is 22.9 Å². The van der Waals surface area contributed by atoms with Gasteiger partial charge in [-0.05, 0) is 31.7 Å². The number of hydrogen-bond donors (Lipinski definition) is 1. The van der Waals surface area contributed by atoms with Crippen LogP contribution in [0.25, 0.3) is 0 Å². The maximum atomic E-state index is 5.86. The fourth-order valence-electron chi connectivity index (χ4n) is 1.95. The summed E-state index contributed by atoms with van der Waals surface area (Å²) in [7, 11) is 1.91. The molecule has 20 heavy (non-hydrogen) atoms. The molecule has 0 spiro atoms. The van der Waals surface area contributed by atoms with Crippen molar-refractivity contribution in [1.29, 1.82) is 0 Å². The Bertz CT molecular complexity index is 584. The number of nitrogens with one attached hydrogen (secondary N) is 1. The van der Waals surface area contributed by atoms with Gasteiger partial charge in [0.15, 0.2) is 6.61 Å². The second kappa shape index (κ2) is 6.85. The van der Waals surface area contributed by atoms with Crippen LogP contribution >= 0.6 is 15.9 Å². The van der Waals surface area contributed by atoms with Gasteiger partial charge < -0.3 is 14.5 Å². The Balaban J connectivity index is 2.15. The van der Waals surface area contributed by atoms with Crippen molar-refractivity contribution in [3.05, 3.63) is 39.5 Å². The largest absolute Gasteiger partial charge is 0.483 e. The van der Waals surface area contributed by atoms with E-state index in [1.54, 1.807) is 0 Å². The lowest BCUT2D eigenvalue weighted by molar-refractivity contribution is 0.255. The van der Waals surface area contributed by atoms with Crippen LogP contribution in [-0.4, -0.2) is 17.2 Å². The normalized spacial score (nSPS) is 10.8. The smallest absolute Gasteiger partial charge is 0.253 e. The van der Waals surface area contributed by atoms with Crippen LogP contribution in [0, 0.1) is 6.92 Å². The second-order valence-electron chi connectivity index (χ2n) is 4.47. The van der Waals surface area contributed by atoms with Crippen molar-refractivity contribution in [3.8, 4) is 5.75 Å². The zero-order valence-corrected chi connectivity index (χ0v) is 13.5. The molecule has 1 aromatic carbocycles. The summed E-state index contributed by atoms with van der Waals surface area (Å²) in [5, 5.41) is 11.0. The fraction of sp³-hybridized carbons (Fsp3) is 0.429. The van der Waals surface area contributed by atoms with Crippen LogP contribution in [-0.2, 0) is 19.6 Å². The summed E-state index contributed by atoms with van der Waals surface area (Å²) in [5.41, 5.74) is 2.16. The predicted molar refractivity (Wildman–Crippen MR) is 79.7 cm³/mol. The zero-order valence-electron chi connectivity index (χ0n) is 11.9. The number of rotatable bonds is 6. The van der Waals surface area contributed by atoms with Crippen LogP contribution in [0.15, 0.2) is 21.0 Å². The minimum absolute atomic E-state index is 0.284. The molecule has 0 unspecified atom stereocenters. The summed E-state index contributed by atoms with van der Waals surface area (Å²) in [4.78, 5) is 0.